The summed E-state index contributed by atoms with van der Waals surface area (Å²) in [6.45, 7) is 1.91. The molecule has 3 heterocycles. The van der Waals surface area contributed by atoms with Gasteiger partial charge in [-0.25, -0.2) is 4.68 Å². The first kappa shape index (κ1) is 19.3. The highest BCUT2D eigenvalue weighted by atomic mass is 35.5. The summed E-state index contributed by atoms with van der Waals surface area (Å²) < 4.78 is 1.79. The Morgan fingerprint density at radius 1 is 1.22 bits per heavy atom. The molecule has 0 radical (unpaired) electrons. The number of amides is 2. The van der Waals surface area contributed by atoms with Gasteiger partial charge in [-0.2, -0.15) is 0 Å². The van der Waals surface area contributed by atoms with Crippen LogP contribution in [0.25, 0.3) is 0 Å². The van der Waals surface area contributed by atoms with E-state index in [4.69, 9.17) is 0 Å². The van der Waals surface area contributed by atoms with Crippen LogP contribution in [-0.2, 0) is 11.2 Å². The highest BCUT2D eigenvalue weighted by Gasteiger charge is 2.19. The van der Waals surface area contributed by atoms with E-state index in [-0.39, 0.29) is 24.2 Å². The fourth-order valence-corrected chi connectivity index (χ4v) is 3.48. The number of halogens is 1. The fourth-order valence-electron chi connectivity index (χ4n) is 3.48. The summed E-state index contributed by atoms with van der Waals surface area (Å²) in [4.78, 5) is 24.1. The van der Waals surface area contributed by atoms with Gasteiger partial charge in [-0.15, -0.1) is 17.5 Å². The van der Waals surface area contributed by atoms with Gasteiger partial charge < -0.3 is 16.0 Å². The minimum atomic E-state index is -0.275. The van der Waals surface area contributed by atoms with Crippen molar-refractivity contribution >= 4 is 35.6 Å². The average Bonchev–Trinajstić information content (AvgIpc) is 3.07. The lowest BCUT2D eigenvalue weighted by Crippen LogP contribution is -2.29. The molecule has 0 aliphatic carbocycles. The van der Waals surface area contributed by atoms with Crippen molar-refractivity contribution in [2.75, 3.05) is 23.7 Å². The number of hydrogen-bond donors (Lipinski definition) is 3. The van der Waals surface area contributed by atoms with Crippen molar-refractivity contribution in [1.82, 2.24) is 20.3 Å². The van der Waals surface area contributed by atoms with E-state index in [1.807, 2.05) is 12.1 Å². The topological polar surface area (TPSA) is 101 Å². The van der Waals surface area contributed by atoms with Crippen molar-refractivity contribution in [3.05, 3.63) is 35.7 Å². The number of nitrogens with one attached hydrogen (secondary N) is 3. The number of carbonyl (C=O) groups is 2. The first-order valence-corrected chi connectivity index (χ1v) is 9.06. The van der Waals surface area contributed by atoms with Gasteiger partial charge in [0.2, 0.25) is 5.91 Å². The van der Waals surface area contributed by atoms with E-state index in [9.17, 15) is 9.59 Å². The molecule has 0 atom stereocenters. The fraction of sp³-hybridized carbons (Fsp3) is 0.444. The maximum atomic E-state index is 12.5. The third kappa shape index (κ3) is 4.45. The van der Waals surface area contributed by atoms with E-state index in [0.29, 0.717) is 23.8 Å². The van der Waals surface area contributed by atoms with Crippen LogP contribution in [-0.4, -0.2) is 39.9 Å². The molecule has 2 amide bonds. The molecule has 2 aliphatic heterocycles. The van der Waals surface area contributed by atoms with E-state index in [0.717, 1.165) is 50.0 Å². The molecule has 2 aromatic rings. The maximum Gasteiger partial charge on any atom is 0.277 e. The summed E-state index contributed by atoms with van der Waals surface area (Å²) in [6, 6.07) is 5.83. The summed E-state index contributed by atoms with van der Waals surface area (Å²) in [5.74, 6) is -0.238. The monoisotopic (exact) mass is 390 g/mol. The molecular weight excluding hydrogens is 368 g/mol. The molecular formula is C18H23ClN6O2. The highest BCUT2D eigenvalue weighted by molar-refractivity contribution is 6.03. The molecule has 1 aromatic heterocycles. The Balaban J connectivity index is 0.00000210. The van der Waals surface area contributed by atoms with Crippen molar-refractivity contribution in [3.63, 3.8) is 0 Å². The summed E-state index contributed by atoms with van der Waals surface area (Å²) in [6.07, 6.45) is 5.83. The first-order valence-electron chi connectivity index (χ1n) is 9.06. The summed E-state index contributed by atoms with van der Waals surface area (Å²) in [5, 5.41) is 17.2. The van der Waals surface area contributed by atoms with Gasteiger partial charge in [-0.05, 0) is 62.5 Å². The van der Waals surface area contributed by atoms with E-state index < -0.39 is 0 Å². The zero-order chi connectivity index (χ0) is 17.9. The standard InChI is InChI=1S/C18H22N6O2.ClH/c25-17-3-1-2-12-10-13(4-5-15(12)21-17)20-18(26)16-11-24(23-22-16)14-6-8-19-9-7-14;/h4-5,10-11,14,19H,1-3,6-9H2,(H,20,26)(H,21,25);1H. The molecule has 1 aromatic carbocycles. The number of carbonyl (C=O) groups excluding carboxylic acids is 2. The van der Waals surface area contributed by atoms with E-state index in [1.165, 1.54) is 0 Å². The smallest absolute Gasteiger partial charge is 0.277 e. The molecule has 0 unspecified atom stereocenters. The lowest BCUT2D eigenvalue weighted by atomic mass is 10.1. The van der Waals surface area contributed by atoms with Crippen molar-refractivity contribution in [2.24, 2.45) is 0 Å². The van der Waals surface area contributed by atoms with Crippen LogP contribution in [0.2, 0.25) is 0 Å². The predicted molar refractivity (Wildman–Crippen MR) is 104 cm³/mol. The van der Waals surface area contributed by atoms with Gasteiger partial charge in [0.05, 0.1) is 12.2 Å². The third-order valence-electron chi connectivity index (χ3n) is 4.91. The van der Waals surface area contributed by atoms with Gasteiger partial charge in [0, 0.05) is 17.8 Å². The van der Waals surface area contributed by atoms with Crippen LogP contribution in [0.15, 0.2) is 24.4 Å². The molecule has 0 bridgehead atoms. The number of aromatic nitrogens is 3. The van der Waals surface area contributed by atoms with Gasteiger partial charge in [-0.1, -0.05) is 5.21 Å². The Hall–Kier alpha value is -2.45. The lowest BCUT2D eigenvalue weighted by molar-refractivity contribution is -0.116. The lowest BCUT2D eigenvalue weighted by Gasteiger charge is -2.22. The summed E-state index contributed by atoms with van der Waals surface area (Å²) in [5.41, 5.74) is 2.86. The number of benzene rings is 1. The van der Waals surface area contributed by atoms with Crippen molar-refractivity contribution in [3.8, 4) is 0 Å². The Morgan fingerprint density at radius 3 is 2.85 bits per heavy atom. The van der Waals surface area contributed by atoms with Crippen LogP contribution in [0.5, 0.6) is 0 Å². The molecule has 1 saturated heterocycles. The largest absolute Gasteiger partial charge is 0.326 e. The number of anilines is 2. The van der Waals surface area contributed by atoms with Crippen LogP contribution < -0.4 is 16.0 Å². The zero-order valence-corrected chi connectivity index (χ0v) is 15.7. The quantitative estimate of drug-likeness (QED) is 0.745. The maximum absolute atomic E-state index is 12.5. The molecule has 1 fully saturated rings. The van der Waals surface area contributed by atoms with Gasteiger partial charge >= 0.3 is 0 Å². The average molecular weight is 391 g/mol. The first-order chi connectivity index (χ1) is 12.7. The summed E-state index contributed by atoms with van der Waals surface area (Å²) >= 11 is 0. The minimum absolute atomic E-state index is 0. The minimum Gasteiger partial charge on any atom is -0.326 e. The van der Waals surface area contributed by atoms with Crippen LogP contribution in [0.3, 0.4) is 0 Å². The Morgan fingerprint density at radius 2 is 2.04 bits per heavy atom. The molecule has 144 valence electrons. The highest BCUT2D eigenvalue weighted by Crippen LogP contribution is 2.25. The molecule has 8 nitrogen and oxygen atoms in total. The second kappa shape index (κ2) is 8.49. The second-order valence-corrected chi connectivity index (χ2v) is 6.79. The van der Waals surface area contributed by atoms with Crippen LogP contribution in [0.4, 0.5) is 11.4 Å². The molecule has 27 heavy (non-hydrogen) atoms. The molecule has 0 spiro atoms. The number of fused-ring (bicyclic) bond motifs is 1. The molecule has 0 saturated carbocycles. The number of aryl methyl sites for hydroxylation is 1. The van der Waals surface area contributed by atoms with Gasteiger partial charge in [0.15, 0.2) is 5.69 Å². The van der Waals surface area contributed by atoms with Crippen LogP contribution >= 0.6 is 12.4 Å². The van der Waals surface area contributed by atoms with Crippen molar-refractivity contribution in [2.45, 2.75) is 38.1 Å². The second-order valence-electron chi connectivity index (χ2n) is 6.79. The summed E-state index contributed by atoms with van der Waals surface area (Å²) in [7, 11) is 0. The molecule has 4 rings (SSSR count). The van der Waals surface area contributed by atoms with Gasteiger partial charge in [0.1, 0.15) is 0 Å². The normalized spacial score (nSPS) is 17.3. The third-order valence-corrected chi connectivity index (χ3v) is 4.91. The number of rotatable bonds is 3. The zero-order valence-electron chi connectivity index (χ0n) is 14.9. The molecule has 2 aliphatic rings. The Labute approximate surface area is 163 Å². The van der Waals surface area contributed by atoms with E-state index in [1.54, 1.807) is 16.9 Å². The van der Waals surface area contributed by atoms with E-state index in [2.05, 4.69) is 26.3 Å². The molecule has 3 N–H and O–H groups in total. The van der Waals surface area contributed by atoms with Crippen molar-refractivity contribution < 1.29 is 9.59 Å². The molecule has 9 heteroatoms. The number of hydrogen-bond acceptors (Lipinski definition) is 5. The van der Waals surface area contributed by atoms with Crippen molar-refractivity contribution in [1.29, 1.82) is 0 Å². The predicted octanol–water partition coefficient (Wildman–Crippen LogP) is 2.15. The van der Waals surface area contributed by atoms with Gasteiger partial charge in [-0.3, -0.25) is 9.59 Å². The van der Waals surface area contributed by atoms with Gasteiger partial charge in [0.25, 0.3) is 5.91 Å². The Bertz CT molecular complexity index is 831. The SMILES string of the molecule is Cl.O=C1CCCc2cc(NC(=O)c3cn(C4CCNCC4)nn3)ccc2N1. The van der Waals surface area contributed by atoms with Crippen LogP contribution in [0, 0.1) is 0 Å². The van der Waals surface area contributed by atoms with E-state index >= 15 is 0 Å². The Kier molecular flexibility index (Phi) is 6.08. The number of piperidine rings is 1. The van der Waals surface area contributed by atoms with Crippen LogP contribution in [0.1, 0.15) is 47.8 Å². The number of nitrogens with zero attached hydrogens (tertiary/aromatic N) is 3.